The van der Waals surface area contributed by atoms with Crippen molar-refractivity contribution in [1.29, 1.82) is 0 Å². The lowest BCUT2D eigenvalue weighted by molar-refractivity contribution is 0.359. The van der Waals surface area contributed by atoms with E-state index in [2.05, 4.69) is 34.1 Å². The van der Waals surface area contributed by atoms with E-state index in [1.807, 2.05) is 36.7 Å². The zero-order chi connectivity index (χ0) is 17.2. The second-order valence-electron chi connectivity index (χ2n) is 5.12. The maximum Gasteiger partial charge on any atom is 0.191 e. The summed E-state index contributed by atoms with van der Waals surface area (Å²) in [5, 5.41) is 6.61. The molecule has 136 valence electrons. The Balaban J connectivity index is 0.00000312. The third-order valence-electron chi connectivity index (χ3n) is 3.34. The van der Waals surface area contributed by atoms with Gasteiger partial charge in [-0.3, -0.25) is 0 Å². The van der Waals surface area contributed by atoms with Crippen LogP contribution in [-0.2, 0) is 13.1 Å². The first kappa shape index (κ1) is 21.4. The molecule has 0 unspecified atom stereocenters. The second-order valence-corrected chi connectivity index (χ2v) is 6.06. The molecular weight excluding hydrogens is 447 g/mol. The molecule has 0 fully saturated rings. The van der Waals surface area contributed by atoms with E-state index in [4.69, 9.17) is 4.74 Å². The van der Waals surface area contributed by atoms with E-state index in [1.54, 1.807) is 17.4 Å². The molecule has 1 aromatic heterocycles. The fraction of sp³-hybridized carbons (Fsp3) is 0.333. The van der Waals surface area contributed by atoms with Crippen molar-refractivity contribution in [1.82, 2.24) is 15.6 Å². The molecule has 1 aromatic carbocycles. The molecule has 0 amide bonds. The normalized spacial score (nSPS) is 10.7. The Kier molecular flexibility index (Phi) is 10.2. The molecule has 25 heavy (non-hydrogen) atoms. The summed E-state index contributed by atoms with van der Waals surface area (Å²) in [6.45, 7) is 10.3. The number of nitrogens with zero attached hydrogens (tertiary/aromatic N) is 2. The monoisotopic (exact) mass is 472 g/mol. The van der Waals surface area contributed by atoms with Crippen LogP contribution in [0, 0.1) is 6.92 Å². The Labute approximate surface area is 170 Å². The molecule has 2 N–H and O–H groups in total. The number of aryl methyl sites for hydroxylation is 1. The summed E-state index contributed by atoms with van der Waals surface area (Å²) < 4.78 is 5.68. The number of para-hydroxylation sites is 1. The lowest BCUT2D eigenvalue weighted by atomic mass is 10.2. The molecule has 0 aliphatic rings. The van der Waals surface area contributed by atoms with Gasteiger partial charge in [-0.05, 0) is 19.9 Å². The molecule has 2 aromatic rings. The second kappa shape index (κ2) is 11.9. The van der Waals surface area contributed by atoms with E-state index in [-0.39, 0.29) is 24.0 Å². The number of guanidine groups is 1. The van der Waals surface area contributed by atoms with Gasteiger partial charge in [0.25, 0.3) is 0 Å². The zero-order valence-electron chi connectivity index (χ0n) is 14.6. The molecule has 0 spiro atoms. The molecule has 2 rings (SSSR count). The summed E-state index contributed by atoms with van der Waals surface area (Å²) in [5.41, 5.74) is 3.97. The van der Waals surface area contributed by atoms with Gasteiger partial charge in [0.1, 0.15) is 12.4 Å². The molecule has 0 aliphatic heterocycles. The van der Waals surface area contributed by atoms with Crippen LogP contribution >= 0.6 is 35.3 Å². The number of thiazole rings is 1. The molecule has 0 bridgehead atoms. The highest BCUT2D eigenvalue weighted by atomic mass is 127. The van der Waals surface area contributed by atoms with Gasteiger partial charge in [-0.15, -0.1) is 35.3 Å². The highest BCUT2D eigenvalue weighted by Crippen LogP contribution is 2.19. The number of hydrogen-bond donors (Lipinski definition) is 2. The zero-order valence-corrected chi connectivity index (χ0v) is 17.8. The van der Waals surface area contributed by atoms with Crippen LogP contribution in [0.4, 0.5) is 0 Å². The Hall–Kier alpha value is -1.61. The number of ether oxygens (including phenoxy) is 1. The minimum Gasteiger partial charge on any atom is -0.489 e. The van der Waals surface area contributed by atoms with Gasteiger partial charge in [0.15, 0.2) is 5.96 Å². The summed E-state index contributed by atoms with van der Waals surface area (Å²) >= 11 is 1.65. The SMILES string of the molecule is C=CCOc1ccccc1CN=C(NCC)NCc1scnc1C.I. The number of rotatable bonds is 8. The van der Waals surface area contributed by atoms with Crippen LogP contribution in [0.5, 0.6) is 5.75 Å². The van der Waals surface area contributed by atoms with Crippen molar-refractivity contribution in [3.05, 3.63) is 58.6 Å². The molecule has 7 heteroatoms. The van der Waals surface area contributed by atoms with E-state index in [1.165, 1.54) is 4.88 Å². The van der Waals surface area contributed by atoms with Crippen molar-refractivity contribution in [2.45, 2.75) is 26.9 Å². The number of aromatic nitrogens is 1. The fourth-order valence-corrected chi connectivity index (χ4v) is 2.81. The molecule has 1 heterocycles. The topological polar surface area (TPSA) is 58.5 Å². The van der Waals surface area contributed by atoms with Gasteiger partial charge in [0, 0.05) is 17.0 Å². The van der Waals surface area contributed by atoms with Gasteiger partial charge in [0.05, 0.1) is 24.3 Å². The Morgan fingerprint density at radius 3 is 2.84 bits per heavy atom. The lowest BCUT2D eigenvalue weighted by Gasteiger charge is -2.12. The van der Waals surface area contributed by atoms with Crippen LogP contribution in [0.1, 0.15) is 23.1 Å². The number of benzene rings is 1. The van der Waals surface area contributed by atoms with Crippen molar-refractivity contribution in [2.24, 2.45) is 4.99 Å². The Bertz CT molecular complexity index is 687. The van der Waals surface area contributed by atoms with Crippen molar-refractivity contribution in [3.63, 3.8) is 0 Å². The molecule has 5 nitrogen and oxygen atoms in total. The fourth-order valence-electron chi connectivity index (χ4n) is 2.09. The Morgan fingerprint density at radius 1 is 1.36 bits per heavy atom. The standard InChI is InChI=1S/C18H24N4OS.HI/c1-4-10-23-16-9-7-6-8-15(16)11-20-18(19-5-2)21-12-17-14(3)22-13-24-17;/h4,6-9,13H,1,5,10-12H2,2-3H3,(H2,19,20,21);1H. The number of nitrogens with one attached hydrogen (secondary N) is 2. The molecular formula is C18H25IN4OS. The summed E-state index contributed by atoms with van der Waals surface area (Å²) in [4.78, 5) is 10.1. The maximum absolute atomic E-state index is 5.68. The predicted molar refractivity (Wildman–Crippen MR) is 116 cm³/mol. The van der Waals surface area contributed by atoms with Gasteiger partial charge in [0.2, 0.25) is 0 Å². The first-order chi connectivity index (χ1) is 11.7. The van der Waals surface area contributed by atoms with Gasteiger partial charge in [-0.2, -0.15) is 0 Å². The maximum atomic E-state index is 5.68. The van der Waals surface area contributed by atoms with Gasteiger partial charge in [-0.1, -0.05) is 30.9 Å². The van der Waals surface area contributed by atoms with E-state index in [0.29, 0.717) is 13.2 Å². The average molecular weight is 472 g/mol. The quantitative estimate of drug-likeness (QED) is 0.265. The number of halogens is 1. The van der Waals surface area contributed by atoms with E-state index in [0.717, 1.165) is 36.1 Å². The lowest BCUT2D eigenvalue weighted by Crippen LogP contribution is -2.36. The summed E-state index contributed by atoms with van der Waals surface area (Å²) in [6, 6.07) is 7.93. The molecule has 0 radical (unpaired) electrons. The largest absolute Gasteiger partial charge is 0.489 e. The number of aliphatic imine (C=N–C) groups is 1. The molecule has 0 aliphatic carbocycles. The average Bonchev–Trinajstić information content (AvgIpc) is 3.01. The van der Waals surface area contributed by atoms with Gasteiger partial charge in [-0.25, -0.2) is 9.98 Å². The first-order valence-corrected chi connectivity index (χ1v) is 8.85. The van der Waals surface area contributed by atoms with E-state index < -0.39 is 0 Å². The molecule has 0 saturated carbocycles. The smallest absolute Gasteiger partial charge is 0.191 e. The van der Waals surface area contributed by atoms with Crippen molar-refractivity contribution >= 4 is 41.3 Å². The highest BCUT2D eigenvalue weighted by molar-refractivity contribution is 14.0. The first-order valence-electron chi connectivity index (χ1n) is 7.97. The summed E-state index contributed by atoms with van der Waals surface area (Å²) in [7, 11) is 0. The van der Waals surface area contributed by atoms with Gasteiger partial charge >= 0.3 is 0 Å². The highest BCUT2D eigenvalue weighted by Gasteiger charge is 2.05. The van der Waals surface area contributed by atoms with E-state index >= 15 is 0 Å². The van der Waals surface area contributed by atoms with Crippen LogP contribution in [-0.4, -0.2) is 24.1 Å². The van der Waals surface area contributed by atoms with Crippen LogP contribution in [0.25, 0.3) is 0 Å². The van der Waals surface area contributed by atoms with Crippen LogP contribution in [0.3, 0.4) is 0 Å². The minimum atomic E-state index is 0. The number of hydrogen-bond acceptors (Lipinski definition) is 4. The predicted octanol–water partition coefficient (Wildman–Crippen LogP) is 3.89. The van der Waals surface area contributed by atoms with Crippen molar-refractivity contribution in [3.8, 4) is 5.75 Å². The summed E-state index contributed by atoms with van der Waals surface area (Å²) in [6.07, 6.45) is 1.74. The third kappa shape index (κ3) is 7.03. The third-order valence-corrected chi connectivity index (χ3v) is 4.28. The van der Waals surface area contributed by atoms with Crippen molar-refractivity contribution in [2.75, 3.05) is 13.2 Å². The van der Waals surface area contributed by atoms with Crippen molar-refractivity contribution < 1.29 is 4.74 Å². The summed E-state index contributed by atoms with van der Waals surface area (Å²) in [5.74, 6) is 1.62. The van der Waals surface area contributed by atoms with Crippen LogP contribution < -0.4 is 15.4 Å². The molecule has 0 saturated heterocycles. The van der Waals surface area contributed by atoms with Crippen LogP contribution in [0.15, 0.2) is 47.4 Å². The van der Waals surface area contributed by atoms with Crippen LogP contribution in [0.2, 0.25) is 0 Å². The Morgan fingerprint density at radius 2 is 2.16 bits per heavy atom. The molecule has 0 atom stereocenters. The minimum absolute atomic E-state index is 0. The van der Waals surface area contributed by atoms with E-state index in [9.17, 15) is 0 Å². The van der Waals surface area contributed by atoms with Gasteiger partial charge < -0.3 is 15.4 Å².